The van der Waals surface area contributed by atoms with Crippen molar-refractivity contribution in [3.8, 4) is 5.75 Å². The summed E-state index contributed by atoms with van der Waals surface area (Å²) in [5.74, 6) is 1.60. The lowest BCUT2D eigenvalue weighted by atomic mass is 10.0. The van der Waals surface area contributed by atoms with Crippen LogP contribution in [0.25, 0.3) is 0 Å². The van der Waals surface area contributed by atoms with Crippen LogP contribution in [0.2, 0.25) is 0 Å². The molecule has 1 heterocycles. The fraction of sp³-hybridized carbons (Fsp3) is 0.571. The summed E-state index contributed by atoms with van der Waals surface area (Å²) in [5.41, 5.74) is 1.16. The van der Waals surface area contributed by atoms with E-state index in [1.165, 1.54) is 12.8 Å². The average Bonchev–Trinajstić information content (AvgIpc) is 2.39. The SMILES string of the molecule is COCc1cccc(OCC2CCCNC2)c1. The minimum Gasteiger partial charge on any atom is -0.493 e. The van der Waals surface area contributed by atoms with E-state index >= 15 is 0 Å². The number of hydrogen-bond donors (Lipinski definition) is 1. The molecule has 0 aromatic heterocycles. The number of rotatable bonds is 5. The van der Waals surface area contributed by atoms with Gasteiger partial charge in [0.25, 0.3) is 0 Å². The molecule has 1 aliphatic rings. The molecule has 0 spiro atoms. The number of methoxy groups -OCH3 is 1. The lowest BCUT2D eigenvalue weighted by Gasteiger charge is -2.22. The lowest BCUT2D eigenvalue weighted by molar-refractivity contribution is 0.183. The van der Waals surface area contributed by atoms with Gasteiger partial charge in [0.1, 0.15) is 5.75 Å². The summed E-state index contributed by atoms with van der Waals surface area (Å²) in [7, 11) is 1.71. The van der Waals surface area contributed by atoms with Crippen LogP contribution in [0.15, 0.2) is 24.3 Å². The Balaban J connectivity index is 1.83. The van der Waals surface area contributed by atoms with Crippen LogP contribution in [0.4, 0.5) is 0 Å². The van der Waals surface area contributed by atoms with Crippen LogP contribution in [0, 0.1) is 5.92 Å². The summed E-state index contributed by atoms with van der Waals surface area (Å²) in [5, 5.41) is 3.40. The van der Waals surface area contributed by atoms with Crippen molar-refractivity contribution in [2.75, 3.05) is 26.8 Å². The maximum atomic E-state index is 5.84. The quantitative estimate of drug-likeness (QED) is 0.848. The summed E-state index contributed by atoms with van der Waals surface area (Å²) < 4.78 is 10.9. The highest BCUT2D eigenvalue weighted by Gasteiger charge is 2.13. The maximum absolute atomic E-state index is 5.84. The van der Waals surface area contributed by atoms with Crippen LogP contribution in [0.1, 0.15) is 18.4 Å². The number of hydrogen-bond acceptors (Lipinski definition) is 3. The van der Waals surface area contributed by atoms with E-state index in [1.54, 1.807) is 7.11 Å². The highest BCUT2D eigenvalue weighted by Crippen LogP contribution is 2.17. The molecule has 0 saturated carbocycles. The fourth-order valence-electron chi connectivity index (χ4n) is 2.17. The van der Waals surface area contributed by atoms with Gasteiger partial charge < -0.3 is 14.8 Å². The van der Waals surface area contributed by atoms with Gasteiger partial charge in [-0.1, -0.05) is 12.1 Å². The van der Waals surface area contributed by atoms with E-state index in [9.17, 15) is 0 Å². The summed E-state index contributed by atoms with van der Waals surface area (Å²) in [6, 6.07) is 8.14. The van der Waals surface area contributed by atoms with Crippen molar-refractivity contribution in [3.63, 3.8) is 0 Å². The Labute approximate surface area is 103 Å². The Kier molecular flexibility index (Phi) is 4.83. The molecule has 0 radical (unpaired) electrons. The molecule has 1 aliphatic heterocycles. The van der Waals surface area contributed by atoms with E-state index in [2.05, 4.69) is 17.4 Å². The summed E-state index contributed by atoms with van der Waals surface area (Å²) >= 11 is 0. The Hall–Kier alpha value is -1.06. The Morgan fingerprint density at radius 3 is 3.12 bits per heavy atom. The molecule has 1 fully saturated rings. The number of benzene rings is 1. The van der Waals surface area contributed by atoms with Crippen molar-refractivity contribution >= 4 is 0 Å². The molecule has 1 aromatic carbocycles. The Morgan fingerprint density at radius 2 is 2.35 bits per heavy atom. The summed E-state index contributed by atoms with van der Waals surface area (Å²) in [6.45, 7) is 3.68. The standard InChI is InChI=1S/C14H21NO2/c1-16-10-12-4-2-6-14(8-12)17-11-13-5-3-7-15-9-13/h2,4,6,8,13,15H,3,5,7,9-11H2,1H3. The number of piperidine rings is 1. The molecule has 94 valence electrons. The van der Waals surface area contributed by atoms with E-state index in [1.807, 2.05) is 12.1 Å². The number of ether oxygens (including phenoxy) is 2. The van der Waals surface area contributed by atoms with Gasteiger partial charge in [0.15, 0.2) is 0 Å². The van der Waals surface area contributed by atoms with E-state index in [0.29, 0.717) is 12.5 Å². The van der Waals surface area contributed by atoms with Crippen molar-refractivity contribution in [3.05, 3.63) is 29.8 Å². The Morgan fingerprint density at radius 1 is 1.41 bits per heavy atom. The molecule has 2 rings (SSSR count). The van der Waals surface area contributed by atoms with Crippen LogP contribution in [0.3, 0.4) is 0 Å². The minimum absolute atomic E-state index is 0.641. The Bertz CT molecular complexity index is 335. The second-order valence-electron chi connectivity index (χ2n) is 4.60. The van der Waals surface area contributed by atoms with Gasteiger partial charge in [-0.3, -0.25) is 0 Å². The van der Waals surface area contributed by atoms with E-state index < -0.39 is 0 Å². The predicted octanol–water partition coefficient (Wildman–Crippen LogP) is 2.21. The van der Waals surface area contributed by atoms with Crippen LogP contribution >= 0.6 is 0 Å². The van der Waals surface area contributed by atoms with E-state index in [0.717, 1.165) is 31.0 Å². The molecular formula is C14H21NO2. The van der Waals surface area contributed by atoms with Crippen LogP contribution in [0.5, 0.6) is 5.75 Å². The lowest BCUT2D eigenvalue weighted by Crippen LogP contribution is -2.33. The van der Waals surface area contributed by atoms with Gasteiger partial charge in [-0.15, -0.1) is 0 Å². The highest BCUT2D eigenvalue weighted by molar-refractivity contribution is 5.28. The zero-order valence-electron chi connectivity index (χ0n) is 10.4. The molecule has 3 nitrogen and oxygen atoms in total. The molecule has 0 aliphatic carbocycles. The van der Waals surface area contributed by atoms with Gasteiger partial charge in [0.05, 0.1) is 13.2 Å². The third-order valence-corrected chi connectivity index (χ3v) is 3.09. The van der Waals surface area contributed by atoms with Gasteiger partial charge in [0.2, 0.25) is 0 Å². The molecule has 3 heteroatoms. The first kappa shape index (κ1) is 12.4. The third-order valence-electron chi connectivity index (χ3n) is 3.09. The first-order valence-corrected chi connectivity index (χ1v) is 6.30. The molecular weight excluding hydrogens is 214 g/mol. The summed E-state index contributed by atoms with van der Waals surface area (Å²) in [4.78, 5) is 0. The molecule has 17 heavy (non-hydrogen) atoms. The van der Waals surface area contributed by atoms with Crippen LogP contribution in [-0.2, 0) is 11.3 Å². The maximum Gasteiger partial charge on any atom is 0.119 e. The predicted molar refractivity (Wildman–Crippen MR) is 68.2 cm³/mol. The van der Waals surface area contributed by atoms with Gasteiger partial charge >= 0.3 is 0 Å². The van der Waals surface area contributed by atoms with Crippen molar-refractivity contribution in [1.82, 2.24) is 5.32 Å². The van der Waals surface area contributed by atoms with Crippen LogP contribution in [-0.4, -0.2) is 26.8 Å². The van der Waals surface area contributed by atoms with Crippen molar-refractivity contribution in [2.45, 2.75) is 19.4 Å². The number of nitrogens with one attached hydrogen (secondary N) is 1. The highest BCUT2D eigenvalue weighted by atomic mass is 16.5. The monoisotopic (exact) mass is 235 g/mol. The van der Waals surface area contributed by atoms with Crippen molar-refractivity contribution in [2.24, 2.45) is 5.92 Å². The van der Waals surface area contributed by atoms with Crippen molar-refractivity contribution in [1.29, 1.82) is 0 Å². The van der Waals surface area contributed by atoms with Gasteiger partial charge in [-0.2, -0.15) is 0 Å². The minimum atomic E-state index is 0.641. The molecule has 1 N–H and O–H groups in total. The first-order chi connectivity index (χ1) is 8.38. The summed E-state index contributed by atoms with van der Waals surface area (Å²) in [6.07, 6.45) is 2.53. The fourth-order valence-corrected chi connectivity index (χ4v) is 2.17. The molecule has 0 amide bonds. The third kappa shape index (κ3) is 4.02. The second kappa shape index (κ2) is 6.62. The largest absolute Gasteiger partial charge is 0.493 e. The topological polar surface area (TPSA) is 30.5 Å². The van der Waals surface area contributed by atoms with E-state index in [4.69, 9.17) is 9.47 Å². The molecule has 1 aromatic rings. The smallest absolute Gasteiger partial charge is 0.119 e. The van der Waals surface area contributed by atoms with E-state index in [-0.39, 0.29) is 0 Å². The molecule has 1 atom stereocenters. The molecule has 0 bridgehead atoms. The van der Waals surface area contributed by atoms with Gasteiger partial charge in [-0.05, 0) is 37.1 Å². The average molecular weight is 235 g/mol. The first-order valence-electron chi connectivity index (χ1n) is 6.30. The second-order valence-corrected chi connectivity index (χ2v) is 4.60. The van der Waals surface area contributed by atoms with Gasteiger partial charge in [0, 0.05) is 19.6 Å². The zero-order valence-corrected chi connectivity index (χ0v) is 10.4. The van der Waals surface area contributed by atoms with Gasteiger partial charge in [-0.25, -0.2) is 0 Å². The normalized spacial score (nSPS) is 20.2. The van der Waals surface area contributed by atoms with Crippen LogP contribution < -0.4 is 10.1 Å². The molecule has 1 unspecified atom stereocenters. The van der Waals surface area contributed by atoms with Crippen molar-refractivity contribution < 1.29 is 9.47 Å². The molecule has 1 saturated heterocycles. The zero-order chi connectivity index (χ0) is 11.9.